The second-order valence-corrected chi connectivity index (χ2v) is 7.47. The molecule has 29 heavy (non-hydrogen) atoms. The number of aromatic nitrogens is 2. The standard InChI is InChI=1S/C20H16F3N3O3/c1-19(2,9-27)13-6-14(11-5-3-4-10-7-24-16(13)15(10)11)26-17(20(21,22)23)12(8-25-26)18(28)29/h3-6,8-9,24H,7H2,1-2H3,(H,28,29). The SMILES string of the molecule is CC(C)(C=O)c1cc(-n2ncc(C(=O)O)c2C(F)(F)F)c2cccc3c2c1NC3. The van der Waals surface area contributed by atoms with Crippen molar-refractivity contribution in [3.63, 3.8) is 0 Å². The number of nitrogens with one attached hydrogen (secondary N) is 1. The summed E-state index contributed by atoms with van der Waals surface area (Å²) < 4.78 is 41.9. The van der Waals surface area contributed by atoms with Crippen LogP contribution in [-0.4, -0.2) is 27.1 Å². The van der Waals surface area contributed by atoms with Gasteiger partial charge in [0.15, 0.2) is 5.69 Å². The molecule has 2 heterocycles. The Morgan fingerprint density at radius 3 is 2.66 bits per heavy atom. The smallest absolute Gasteiger partial charge is 0.434 e. The molecule has 2 aromatic carbocycles. The predicted octanol–water partition coefficient (Wildman–Crippen LogP) is 4.14. The van der Waals surface area contributed by atoms with Crippen molar-refractivity contribution in [2.24, 2.45) is 0 Å². The molecule has 1 aromatic heterocycles. The largest absolute Gasteiger partial charge is 0.478 e. The summed E-state index contributed by atoms with van der Waals surface area (Å²) in [5.74, 6) is -1.72. The van der Waals surface area contributed by atoms with Crippen LogP contribution in [0.15, 0.2) is 30.5 Å². The van der Waals surface area contributed by atoms with Gasteiger partial charge in [-0.05, 0) is 31.0 Å². The molecule has 9 heteroatoms. The van der Waals surface area contributed by atoms with Crippen molar-refractivity contribution >= 4 is 28.7 Å². The van der Waals surface area contributed by atoms with Gasteiger partial charge in [-0.2, -0.15) is 18.3 Å². The molecule has 0 atom stereocenters. The van der Waals surface area contributed by atoms with E-state index in [0.717, 1.165) is 11.8 Å². The lowest BCUT2D eigenvalue weighted by atomic mass is 9.83. The number of carbonyl (C=O) groups is 2. The van der Waals surface area contributed by atoms with E-state index in [2.05, 4.69) is 10.4 Å². The quantitative estimate of drug-likeness (QED) is 0.640. The van der Waals surface area contributed by atoms with E-state index in [0.29, 0.717) is 39.4 Å². The van der Waals surface area contributed by atoms with Gasteiger partial charge < -0.3 is 15.2 Å². The second kappa shape index (κ2) is 6.07. The number of anilines is 1. The highest BCUT2D eigenvalue weighted by Crippen LogP contribution is 2.44. The number of alkyl halides is 3. The number of benzene rings is 2. The van der Waals surface area contributed by atoms with Gasteiger partial charge in [-0.3, -0.25) is 0 Å². The first-order chi connectivity index (χ1) is 13.6. The molecule has 6 nitrogen and oxygen atoms in total. The van der Waals surface area contributed by atoms with Gasteiger partial charge in [0.2, 0.25) is 0 Å². The maximum Gasteiger partial charge on any atom is 0.434 e. The fraction of sp³-hybridized carbons (Fsp3) is 0.250. The van der Waals surface area contributed by atoms with Crippen molar-refractivity contribution < 1.29 is 27.9 Å². The minimum absolute atomic E-state index is 0.0686. The normalized spacial score (nSPS) is 13.6. The van der Waals surface area contributed by atoms with E-state index in [1.807, 2.05) is 6.07 Å². The fourth-order valence-electron chi connectivity index (χ4n) is 3.75. The fourth-order valence-corrected chi connectivity index (χ4v) is 3.75. The van der Waals surface area contributed by atoms with Crippen LogP contribution in [0.25, 0.3) is 16.5 Å². The monoisotopic (exact) mass is 403 g/mol. The lowest BCUT2D eigenvalue weighted by molar-refractivity contribution is -0.143. The molecule has 0 unspecified atom stereocenters. The number of aldehydes is 1. The Balaban J connectivity index is 2.15. The summed E-state index contributed by atoms with van der Waals surface area (Å²) in [6.07, 6.45) is -3.52. The number of carboxylic acid groups (broad SMARTS) is 1. The highest BCUT2D eigenvalue weighted by atomic mass is 19.4. The molecule has 0 spiro atoms. The van der Waals surface area contributed by atoms with Crippen molar-refractivity contribution in [1.29, 1.82) is 0 Å². The zero-order valence-corrected chi connectivity index (χ0v) is 15.5. The van der Waals surface area contributed by atoms with Crippen molar-refractivity contribution in [3.05, 3.63) is 52.8 Å². The second-order valence-electron chi connectivity index (χ2n) is 7.47. The lowest BCUT2D eigenvalue weighted by Crippen LogP contribution is -2.22. The minimum atomic E-state index is -4.94. The highest BCUT2D eigenvalue weighted by molar-refractivity contribution is 6.06. The molecule has 0 amide bonds. The van der Waals surface area contributed by atoms with Gasteiger partial charge >= 0.3 is 12.1 Å². The summed E-state index contributed by atoms with van der Waals surface area (Å²) in [6, 6.07) is 6.70. The van der Waals surface area contributed by atoms with Gasteiger partial charge in [-0.1, -0.05) is 18.2 Å². The molecule has 0 bridgehead atoms. The first-order valence-corrected chi connectivity index (χ1v) is 8.74. The van der Waals surface area contributed by atoms with E-state index in [9.17, 15) is 27.9 Å². The molecule has 3 aromatic rings. The zero-order valence-electron chi connectivity index (χ0n) is 15.5. The van der Waals surface area contributed by atoms with Crippen molar-refractivity contribution in [2.45, 2.75) is 32.0 Å². The van der Waals surface area contributed by atoms with Crippen LogP contribution in [0.5, 0.6) is 0 Å². The van der Waals surface area contributed by atoms with E-state index in [-0.39, 0.29) is 5.69 Å². The first kappa shape index (κ1) is 19.0. The van der Waals surface area contributed by atoms with E-state index in [4.69, 9.17) is 0 Å². The van der Waals surface area contributed by atoms with Gasteiger partial charge in [0.25, 0.3) is 0 Å². The Morgan fingerprint density at radius 1 is 1.31 bits per heavy atom. The number of rotatable bonds is 4. The zero-order chi connectivity index (χ0) is 21.1. The van der Waals surface area contributed by atoms with Gasteiger partial charge in [0.05, 0.1) is 11.9 Å². The number of nitrogens with zero attached hydrogens (tertiary/aromatic N) is 2. The summed E-state index contributed by atoms with van der Waals surface area (Å²) in [5, 5.41) is 17.4. The van der Waals surface area contributed by atoms with Crippen LogP contribution in [0.4, 0.5) is 18.9 Å². The maximum absolute atomic E-state index is 13.8. The molecule has 1 aliphatic rings. The van der Waals surface area contributed by atoms with Crippen molar-refractivity contribution in [2.75, 3.05) is 5.32 Å². The first-order valence-electron chi connectivity index (χ1n) is 8.74. The number of hydrogen-bond acceptors (Lipinski definition) is 4. The summed E-state index contributed by atoms with van der Waals surface area (Å²) in [4.78, 5) is 23.1. The molecule has 4 rings (SSSR count). The summed E-state index contributed by atoms with van der Waals surface area (Å²) in [6.45, 7) is 3.81. The van der Waals surface area contributed by atoms with Gasteiger partial charge in [0.1, 0.15) is 11.8 Å². The predicted molar refractivity (Wildman–Crippen MR) is 99.4 cm³/mol. The van der Waals surface area contributed by atoms with Crippen LogP contribution in [0, 0.1) is 0 Å². The molecule has 150 valence electrons. The minimum Gasteiger partial charge on any atom is -0.478 e. The highest BCUT2D eigenvalue weighted by Gasteiger charge is 2.41. The van der Waals surface area contributed by atoms with Crippen LogP contribution in [0.2, 0.25) is 0 Å². The van der Waals surface area contributed by atoms with Crippen LogP contribution < -0.4 is 5.32 Å². The molecule has 0 saturated heterocycles. The van der Waals surface area contributed by atoms with Crippen LogP contribution in [-0.2, 0) is 22.9 Å². The molecular formula is C20H16F3N3O3. The van der Waals surface area contributed by atoms with Crippen molar-refractivity contribution in [3.8, 4) is 5.69 Å². The van der Waals surface area contributed by atoms with Gasteiger partial charge in [0, 0.05) is 28.4 Å². The number of hydrogen-bond donors (Lipinski definition) is 2. The van der Waals surface area contributed by atoms with E-state index in [1.165, 1.54) is 6.07 Å². The van der Waals surface area contributed by atoms with Gasteiger partial charge in [-0.25, -0.2) is 9.48 Å². The summed E-state index contributed by atoms with van der Waals surface area (Å²) >= 11 is 0. The Labute approximate surface area is 162 Å². The molecule has 0 fully saturated rings. The Morgan fingerprint density at radius 2 is 2.03 bits per heavy atom. The number of aromatic carboxylic acids is 1. The topological polar surface area (TPSA) is 84.2 Å². The van der Waals surface area contributed by atoms with Crippen LogP contribution in [0.3, 0.4) is 0 Å². The maximum atomic E-state index is 13.8. The Kier molecular flexibility index (Phi) is 3.97. The number of carboxylic acids is 1. The molecule has 0 aliphatic carbocycles. The molecular weight excluding hydrogens is 387 g/mol. The Bertz CT molecular complexity index is 1180. The molecule has 2 N–H and O–H groups in total. The lowest BCUT2D eigenvalue weighted by Gasteiger charge is -2.23. The van der Waals surface area contributed by atoms with Gasteiger partial charge in [-0.15, -0.1) is 0 Å². The van der Waals surface area contributed by atoms with E-state index < -0.39 is 28.8 Å². The van der Waals surface area contributed by atoms with Crippen LogP contribution >= 0.6 is 0 Å². The molecule has 1 aliphatic heterocycles. The van der Waals surface area contributed by atoms with E-state index >= 15 is 0 Å². The third kappa shape index (κ3) is 2.76. The Hall–Kier alpha value is -3.36. The summed E-state index contributed by atoms with van der Waals surface area (Å²) in [5.41, 5.74) is -1.14. The average molecular weight is 403 g/mol. The van der Waals surface area contributed by atoms with Crippen molar-refractivity contribution in [1.82, 2.24) is 9.78 Å². The molecule has 0 saturated carbocycles. The van der Waals surface area contributed by atoms with Crippen LogP contribution in [0.1, 0.15) is 41.0 Å². The third-order valence-corrected chi connectivity index (χ3v) is 5.17. The summed E-state index contributed by atoms with van der Waals surface area (Å²) in [7, 11) is 0. The molecule has 0 radical (unpaired) electrons. The average Bonchev–Trinajstić information content (AvgIpc) is 3.28. The third-order valence-electron chi connectivity index (χ3n) is 5.17. The number of carbonyl (C=O) groups excluding carboxylic acids is 1. The number of halogens is 3. The van der Waals surface area contributed by atoms with E-state index in [1.54, 1.807) is 26.0 Å².